The third kappa shape index (κ3) is 4.12. The fraction of sp³-hybridized carbons (Fsp3) is 0.167. The highest BCUT2D eigenvalue weighted by Gasteiger charge is 2.12. The third-order valence-electron chi connectivity index (χ3n) is 4.92. The average molecular weight is 396 g/mol. The van der Waals surface area contributed by atoms with Crippen LogP contribution in [0.25, 0.3) is 22.8 Å². The molecule has 0 fully saturated rings. The molecule has 0 saturated heterocycles. The number of fused-ring (bicyclic) bond motifs is 1. The number of benzene rings is 2. The second kappa shape index (κ2) is 8.69. The van der Waals surface area contributed by atoms with Crippen LogP contribution in [-0.2, 0) is 0 Å². The molecule has 2 aromatic carbocycles. The highest BCUT2D eigenvalue weighted by atomic mass is 15.4. The summed E-state index contributed by atoms with van der Waals surface area (Å²) in [5.74, 6) is 1.14. The van der Waals surface area contributed by atoms with Gasteiger partial charge in [0.2, 0.25) is 0 Å². The fourth-order valence-electron chi connectivity index (χ4n) is 3.23. The molecule has 0 aliphatic carbocycles. The zero-order valence-corrected chi connectivity index (χ0v) is 17.3. The second-order valence-corrected chi connectivity index (χ2v) is 7.38. The molecule has 0 aliphatic rings. The van der Waals surface area contributed by atoms with Gasteiger partial charge in [-0.25, -0.2) is 14.6 Å². The summed E-state index contributed by atoms with van der Waals surface area (Å²) >= 11 is 0. The lowest BCUT2D eigenvalue weighted by Crippen LogP contribution is -1.98. The summed E-state index contributed by atoms with van der Waals surface area (Å²) < 4.78 is 1.78. The number of allylic oxidation sites excluding steroid dienone is 1. The van der Waals surface area contributed by atoms with Crippen molar-refractivity contribution in [2.45, 2.75) is 26.7 Å². The first kappa shape index (κ1) is 19.5. The molecule has 4 rings (SSSR count). The molecule has 30 heavy (non-hydrogen) atoms. The number of para-hydroxylation sites is 1. The predicted octanol–water partition coefficient (Wildman–Crippen LogP) is 5.36. The van der Waals surface area contributed by atoms with Crippen LogP contribution in [0.1, 0.15) is 36.5 Å². The number of hydrogen-bond acceptors (Lipinski definition) is 5. The number of nitrogens with one attached hydrogen (secondary N) is 1. The summed E-state index contributed by atoms with van der Waals surface area (Å²) in [6, 6.07) is 16.4. The van der Waals surface area contributed by atoms with E-state index in [9.17, 15) is 0 Å². The van der Waals surface area contributed by atoms with Crippen LogP contribution in [0.5, 0.6) is 0 Å². The minimum Gasteiger partial charge on any atom is -0.259 e. The van der Waals surface area contributed by atoms with Crippen LogP contribution in [-0.4, -0.2) is 26.0 Å². The van der Waals surface area contributed by atoms with E-state index in [0.29, 0.717) is 11.7 Å². The minimum absolute atomic E-state index is 0.530. The zero-order valence-electron chi connectivity index (χ0n) is 17.3. The smallest absolute Gasteiger partial charge is 0.179 e. The maximum absolute atomic E-state index is 4.62. The van der Waals surface area contributed by atoms with Crippen LogP contribution in [0, 0.1) is 6.92 Å². The van der Waals surface area contributed by atoms with Gasteiger partial charge in [-0.2, -0.15) is 5.10 Å². The summed E-state index contributed by atoms with van der Waals surface area (Å²) in [7, 11) is 0. The van der Waals surface area contributed by atoms with Gasteiger partial charge in [0.15, 0.2) is 11.5 Å². The van der Waals surface area contributed by atoms with E-state index >= 15 is 0 Å². The van der Waals surface area contributed by atoms with E-state index in [4.69, 9.17) is 0 Å². The molecule has 0 unspecified atom stereocenters. The van der Waals surface area contributed by atoms with Crippen molar-refractivity contribution in [3.8, 4) is 5.69 Å². The number of anilines is 1. The van der Waals surface area contributed by atoms with Gasteiger partial charge >= 0.3 is 0 Å². The second-order valence-electron chi connectivity index (χ2n) is 7.38. The van der Waals surface area contributed by atoms with E-state index in [1.807, 2.05) is 36.4 Å². The zero-order chi connectivity index (χ0) is 20.9. The minimum atomic E-state index is 0.530. The Hall–Kier alpha value is -3.80. The van der Waals surface area contributed by atoms with Gasteiger partial charge in [-0.15, -0.1) is 5.10 Å². The Balaban J connectivity index is 1.52. The van der Waals surface area contributed by atoms with E-state index < -0.39 is 0 Å². The molecule has 0 atom stereocenters. The summed E-state index contributed by atoms with van der Waals surface area (Å²) in [6.07, 6.45) is 8.94. The number of aryl methyl sites for hydroxylation is 1. The maximum Gasteiger partial charge on any atom is 0.179 e. The molecule has 2 aromatic heterocycles. The van der Waals surface area contributed by atoms with Gasteiger partial charge in [0.1, 0.15) is 6.33 Å². The van der Waals surface area contributed by atoms with Crippen LogP contribution < -0.4 is 5.43 Å². The van der Waals surface area contributed by atoms with Crippen LogP contribution >= 0.6 is 0 Å². The molecular weight excluding hydrogens is 372 g/mol. The van der Waals surface area contributed by atoms with E-state index in [2.05, 4.69) is 70.6 Å². The molecule has 0 radical (unpaired) electrons. The molecule has 0 spiro atoms. The number of rotatable bonds is 6. The average Bonchev–Trinajstić information content (AvgIpc) is 3.14. The molecule has 6 heteroatoms. The largest absolute Gasteiger partial charge is 0.259 e. The standard InChI is InChI=1S/C24H24N6/c1-17(2)20-12-11-19(18(3)14-20)8-7-13-27-28-23-22-15-25-16-26-24(22)30(29-23)21-9-5-4-6-10-21/h4-17H,1-3H3,(H,28,29)/b8-7+,27-13+. The van der Waals surface area contributed by atoms with Crippen molar-refractivity contribution in [3.05, 3.63) is 83.8 Å². The first-order chi connectivity index (χ1) is 14.6. The van der Waals surface area contributed by atoms with E-state index in [-0.39, 0.29) is 0 Å². The Bertz CT molecular complexity index is 1210. The Kier molecular flexibility index (Phi) is 5.66. The molecule has 0 bridgehead atoms. The van der Waals surface area contributed by atoms with Gasteiger partial charge in [-0.3, -0.25) is 5.43 Å². The van der Waals surface area contributed by atoms with Gasteiger partial charge in [-0.05, 0) is 47.7 Å². The van der Waals surface area contributed by atoms with Crippen LogP contribution in [0.4, 0.5) is 5.82 Å². The monoisotopic (exact) mass is 396 g/mol. The van der Waals surface area contributed by atoms with Crippen molar-refractivity contribution < 1.29 is 0 Å². The van der Waals surface area contributed by atoms with Crippen LogP contribution in [0.15, 0.2) is 72.2 Å². The Morgan fingerprint density at radius 2 is 1.93 bits per heavy atom. The molecule has 4 aromatic rings. The normalized spacial score (nSPS) is 11.9. The lowest BCUT2D eigenvalue weighted by molar-refractivity contribution is 0.864. The lowest BCUT2D eigenvalue weighted by atomic mass is 9.98. The van der Waals surface area contributed by atoms with Crippen LogP contribution in [0.3, 0.4) is 0 Å². The third-order valence-corrected chi connectivity index (χ3v) is 4.92. The lowest BCUT2D eigenvalue weighted by Gasteiger charge is -2.08. The highest BCUT2D eigenvalue weighted by molar-refractivity contribution is 5.88. The molecule has 0 aliphatic heterocycles. The van der Waals surface area contributed by atoms with Gasteiger partial charge < -0.3 is 0 Å². The molecule has 2 heterocycles. The van der Waals surface area contributed by atoms with Crippen molar-refractivity contribution in [2.24, 2.45) is 5.10 Å². The first-order valence-electron chi connectivity index (χ1n) is 9.94. The molecule has 0 amide bonds. The van der Waals surface area contributed by atoms with E-state index in [0.717, 1.165) is 16.7 Å². The number of hydrazone groups is 1. The number of nitrogens with zero attached hydrogens (tertiary/aromatic N) is 5. The van der Waals surface area contributed by atoms with Crippen molar-refractivity contribution in [3.63, 3.8) is 0 Å². The SMILES string of the molecule is Cc1cc(C(C)C)ccc1/C=C/C=N/Nc1nn(-c2ccccc2)c2ncncc12. The topological polar surface area (TPSA) is 68.0 Å². The Labute approximate surface area is 176 Å². The summed E-state index contributed by atoms with van der Waals surface area (Å²) in [6.45, 7) is 6.54. The van der Waals surface area contributed by atoms with Gasteiger partial charge in [0, 0.05) is 12.4 Å². The highest BCUT2D eigenvalue weighted by Crippen LogP contribution is 2.23. The van der Waals surface area contributed by atoms with Gasteiger partial charge in [0.05, 0.1) is 11.1 Å². The molecule has 0 saturated carbocycles. The fourth-order valence-corrected chi connectivity index (χ4v) is 3.23. The summed E-state index contributed by atoms with van der Waals surface area (Å²) in [5, 5.41) is 9.72. The van der Waals surface area contributed by atoms with Gasteiger partial charge in [-0.1, -0.05) is 56.3 Å². The summed E-state index contributed by atoms with van der Waals surface area (Å²) in [4.78, 5) is 8.50. The molecular formula is C24H24N6. The van der Waals surface area contributed by atoms with Crippen LogP contribution in [0.2, 0.25) is 0 Å². The predicted molar refractivity (Wildman–Crippen MR) is 123 cm³/mol. The number of hydrogen-bond donors (Lipinski definition) is 1. The van der Waals surface area contributed by atoms with Crippen molar-refractivity contribution in [1.82, 2.24) is 19.7 Å². The van der Waals surface area contributed by atoms with Gasteiger partial charge in [0.25, 0.3) is 0 Å². The number of aromatic nitrogens is 4. The quantitative estimate of drug-likeness (QED) is 0.352. The first-order valence-corrected chi connectivity index (χ1v) is 9.94. The van der Waals surface area contributed by atoms with E-state index in [1.54, 1.807) is 17.1 Å². The molecule has 1 N–H and O–H groups in total. The Morgan fingerprint density at radius 1 is 1.10 bits per heavy atom. The van der Waals surface area contributed by atoms with Crippen molar-refractivity contribution in [2.75, 3.05) is 5.43 Å². The molecule has 6 nitrogen and oxygen atoms in total. The van der Waals surface area contributed by atoms with Crippen molar-refractivity contribution >= 4 is 29.1 Å². The Morgan fingerprint density at radius 3 is 2.70 bits per heavy atom. The maximum atomic E-state index is 4.62. The van der Waals surface area contributed by atoms with E-state index in [1.165, 1.54) is 23.0 Å². The van der Waals surface area contributed by atoms with Crippen molar-refractivity contribution in [1.29, 1.82) is 0 Å². The summed E-state index contributed by atoms with van der Waals surface area (Å²) in [5.41, 5.74) is 8.45. The molecule has 150 valence electrons.